The number of carbonyl (C=O) groups excluding carboxylic acids is 2. The van der Waals surface area contributed by atoms with E-state index in [2.05, 4.69) is 10.6 Å². The number of carbonyl (C=O) groups is 2. The predicted molar refractivity (Wildman–Crippen MR) is 90.3 cm³/mol. The molecule has 3 N–H and O–H groups in total. The summed E-state index contributed by atoms with van der Waals surface area (Å²) in [6.07, 6.45) is 1.38. The van der Waals surface area contributed by atoms with Crippen LogP contribution in [0.1, 0.15) is 37.7 Å². The number of aliphatic hydroxyl groups excluding tert-OH is 1. The largest absolute Gasteiger partial charge is 0.467 e. The van der Waals surface area contributed by atoms with Crippen molar-refractivity contribution in [2.24, 2.45) is 0 Å². The molecule has 0 fully saturated rings. The fourth-order valence-corrected chi connectivity index (χ4v) is 2.41. The third-order valence-electron chi connectivity index (χ3n) is 3.49. The van der Waals surface area contributed by atoms with E-state index in [-0.39, 0.29) is 24.3 Å². The highest BCUT2D eigenvalue weighted by molar-refractivity contribution is 5.88. The summed E-state index contributed by atoms with van der Waals surface area (Å²) in [5.41, 5.74) is 1.54. The molecule has 0 bridgehead atoms. The van der Waals surface area contributed by atoms with Gasteiger partial charge >= 0.3 is 0 Å². The lowest BCUT2D eigenvalue weighted by Gasteiger charge is -2.16. The van der Waals surface area contributed by atoms with Gasteiger partial charge in [0.05, 0.1) is 12.7 Å². The summed E-state index contributed by atoms with van der Waals surface area (Å²) in [5.74, 6) is 0.232. The summed E-state index contributed by atoms with van der Waals surface area (Å²) in [4.78, 5) is 23.0. The third kappa shape index (κ3) is 5.55. The quantitative estimate of drug-likeness (QED) is 0.727. The number of nitrogens with one attached hydrogen (secondary N) is 2. The second-order valence-corrected chi connectivity index (χ2v) is 5.79. The maximum atomic E-state index is 12.1. The Morgan fingerprint density at radius 1 is 1.21 bits per heavy atom. The first-order valence-electron chi connectivity index (χ1n) is 7.81. The smallest absolute Gasteiger partial charge is 0.224 e. The number of aliphatic hydroxyl groups is 1. The van der Waals surface area contributed by atoms with Crippen LogP contribution in [0.25, 0.3) is 0 Å². The minimum atomic E-state index is -0.743. The Bertz CT molecular complexity index is 665. The fourth-order valence-electron chi connectivity index (χ4n) is 2.41. The second-order valence-electron chi connectivity index (χ2n) is 5.79. The Labute approximate surface area is 140 Å². The Balaban J connectivity index is 1.80. The summed E-state index contributed by atoms with van der Waals surface area (Å²) in [7, 11) is 0. The summed E-state index contributed by atoms with van der Waals surface area (Å²) in [6, 6.07) is 10.3. The molecular formula is C18H22N2O4. The van der Waals surface area contributed by atoms with Crippen molar-refractivity contribution >= 4 is 17.5 Å². The van der Waals surface area contributed by atoms with Crippen LogP contribution in [-0.4, -0.2) is 23.0 Å². The van der Waals surface area contributed by atoms with E-state index in [1.165, 1.54) is 13.2 Å². The first kappa shape index (κ1) is 17.7. The van der Waals surface area contributed by atoms with Gasteiger partial charge in [0, 0.05) is 25.1 Å². The number of amides is 2. The molecule has 0 aliphatic rings. The molecule has 2 atom stereocenters. The number of rotatable bonds is 7. The van der Waals surface area contributed by atoms with E-state index >= 15 is 0 Å². The van der Waals surface area contributed by atoms with Crippen molar-refractivity contribution < 1.29 is 19.1 Å². The van der Waals surface area contributed by atoms with Crippen LogP contribution in [0.3, 0.4) is 0 Å². The molecule has 24 heavy (non-hydrogen) atoms. The minimum Gasteiger partial charge on any atom is -0.467 e. The molecule has 2 amide bonds. The van der Waals surface area contributed by atoms with Gasteiger partial charge in [-0.2, -0.15) is 0 Å². The normalized spacial score (nSPS) is 13.1. The Kier molecular flexibility index (Phi) is 6.14. The van der Waals surface area contributed by atoms with Gasteiger partial charge in [-0.1, -0.05) is 12.1 Å². The Morgan fingerprint density at radius 2 is 1.92 bits per heavy atom. The molecule has 2 aromatic rings. The van der Waals surface area contributed by atoms with Crippen LogP contribution in [0.4, 0.5) is 5.69 Å². The van der Waals surface area contributed by atoms with Crippen LogP contribution in [0, 0.1) is 0 Å². The van der Waals surface area contributed by atoms with Crippen LogP contribution < -0.4 is 10.6 Å². The van der Waals surface area contributed by atoms with Crippen LogP contribution >= 0.6 is 0 Å². The monoisotopic (exact) mass is 330 g/mol. The van der Waals surface area contributed by atoms with Gasteiger partial charge in [-0.15, -0.1) is 0 Å². The highest BCUT2D eigenvalue weighted by Crippen LogP contribution is 2.18. The van der Waals surface area contributed by atoms with Crippen molar-refractivity contribution in [3.05, 3.63) is 54.0 Å². The lowest BCUT2D eigenvalue weighted by molar-refractivity contribution is -0.121. The van der Waals surface area contributed by atoms with Crippen molar-refractivity contribution in [3.8, 4) is 0 Å². The Morgan fingerprint density at radius 3 is 2.50 bits per heavy atom. The topological polar surface area (TPSA) is 91.6 Å². The van der Waals surface area contributed by atoms with Crippen LogP contribution in [0.2, 0.25) is 0 Å². The average Bonchev–Trinajstić information content (AvgIpc) is 3.02. The molecule has 6 heteroatoms. The van der Waals surface area contributed by atoms with Gasteiger partial charge in [-0.05, 0) is 36.8 Å². The molecule has 0 radical (unpaired) electrons. The number of benzene rings is 1. The molecule has 2 unspecified atom stereocenters. The van der Waals surface area contributed by atoms with E-state index in [0.29, 0.717) is 17.9 Å². The maximum absolute atomic E-state index is 12.1. The standard InChI is InChI=1S/C18H22N2O4/c1-12(10-16(22)17-4-3-9-24-17)19-18(23)11-14-5-7-15(8-6-14)20-13(2)21/h3-9,12,16,22H,10-11H2,1-2H3,(H,19,23)(H,20,21). The van der Waals surface area contributed by atoms with Gasteiger partial charge in [0.25, 0.3) is 0 Å². The molecule has 6 nitrogen and oxygen atoms in total. The van der Waals surface area contributed by atoms with Gasteiger partial charge in [0.2, 0.25) is 11.8 Å². The van der Waals surface area contributed by atoms with Gasteiger partial charge < -0.3 is 20.2 Å². The molecule has 0 aliphatic heterocycles. The summed E-state index contributed by atoms with van der Waals surface area (Å²) < 4.78 is 5.14. The maximum Gasteiger partial charge on any atom is 0.224 e. The van der Waals surface area contributed by atoms with Gasteiger partial charge in [-0.25, -0.2) is 0 Å². The SMILES string of the molecule is CC(=O)Nc1ccc(CC(=O)NC(C)CC(O)c2ccco2)cc1. The lowest BCUT2D eigenvalue weighted by Crippen LogP contribution is -2.34. The molecular weight excluding hydrogens is 308 g/mol. The van der Waals surface area contributed by atoms with Crippen LogP contribution in [-0.2, 0) is 16.0 Å². The predicted octanol–water partition coefficient (Wildman–Crippen LogP) is 2.41. The third-order valence-corrected chi connectivity index (χ3v) is 3.49. The summed E-state index contributed by atoms with van der Waals surface area (Å²) in [5, 5.41) is 15.5. The second kappa shape index (κ2) is 8.31. The number of hydrogen-bond acceptors (Lipinski definition) is 4. The molecule has 0 aliphatic carbocycles. The van der Waals surface area contributed by atoms with E-state index in [0.717, 1.165) is 5.56 Å². The fraction of sp³-hybridized carbons (Fsp3) is 0.333. The van der Waals surface area contributed by atoms with Crippen molar-refractivity contribution in [2.45, 2.75) is 38.8 Å². The summed E-state index contributed by atoms with van der Waals surface area (Å²) >= 11 is 0. The zero-order chi connectivity index (χ0) is 17.5. The first-order valence-corrected chi connectivity index (χ1v) is 7.81. The van der Waals surface area contributed by atoms with Crippen molar-refractivity contribution in [1.82, 2.24) is 5.32 Å². The molecule has 1 heterocycles. The van der Waals surface area contributed by atoms with Gasteiger partial charge in [0.15, 0.2) is 0 Å². The number of hydrogen-bond donors (Lipinski definition) is 3. The Hall–Kier alpha value is -2.60. The van der Waals surface area contributed by atoms with E-state index in [1.807, 2.05) is 6.92 Å². The van der Waals surface area contributed by atoms with Crippen molar-refractivity contribution in [1.29, 1.82) is 0 Å². The van der Waals surface area contributed by atoms with Crippen LogP contribution in [0.15, 0.2) is 47.1 Å². The highest BCUT2D eigenvalue weighted by Gasteiger charge is 2.16. The molecule has 2 rings (SSSR count). The molecule has 0 spiro atoms. The van der Waals surface area contributed by atoms with E-state index in [9.17, 15) is 14.7 Å². The number of furan rings is 1. The zero-order valence-electron chi connectivity index (χ0n) is 13.8. The molecule has 1 aromatic carbocycles. The van der Waals surface area contributed by atoms with Crippen LogP contribution in [0.5, 0.6) is 0 Å². The minimum absolute atomic E-state index is 0.124. The highest BCUT2D eigenvalue weighted by atomic mass is 16.4. The molecule has 0 saturated heterocycles. The molecule has 1 aromatic heterocycles. The van der Waals surface area contributed by atoms with E-state index < -0.39 is 6.10 Å². The van der Waals surface area contributed by atoms with Gasteiger partial charge in [-0.3, -0.25) is 9.59 Å². The zero-order valence-corrected chi connectivity index (χ0v) is 13.8. The van der Waals surface area contributed by atoms with Crippen molar-refractivity contribution in [3.63, 3.8) is 0 Å². The van der Waals surface area contributed by atoms with E-state index in [1.54, 1.807) is 36.4 Å². The number of anilines is 1. The molecule has 0 saturated carbocycles. The molecule has 128 valence electrons. The van der Waals surface area contributed by atoms with Crippen molar-refractivity contribution in [2.75, 3.05) is 5.32 Å². The lowest BCUT2D eigenvalue weighted by atomic mass is 10.1. The average molecular weight is 330 g/mol. The van der Waals surface area contributed by atoms with E-state index in [4.69, 9.17) is 4.42 Å². The summed E-state index contributed by atoms with van der Waals surface area (Å²) in [6.45, 7) is 3.28. The van der Waals surface area contributed by atoms with Gasteiger partial charge in [0.1, 0.15) is 11.9 Å². The first-order chi connectivity index (χ1) is 11.4.